The van der Waals surface area contributed by atoms with Gasteiger partial charge < -0.3 is 9.80 Å². The van der Waals surface area contributed by atoms with Crippen molar-refractivity contribution in [1.29, 1.82) is 0 Å². The van der Waals surface area contributed by atoms with E-state index in [-0.39, 0.29) is 11.7 Å². The Morgan fingerprint density at radius 2 is 1.85 bits per heavy atom. The first kappa shape index (κ1) is 17.1. The third kappa shape index (κ3) is 3.51. The molecule has 0 spiro atoms. The molecular weight excluding hydrogens is 347 g/mol. The van der Waals surface area contributed by atoms with Crippen molar-refractivity contribution in [2.75, 3.05) is 31.1 Å². The SMILES string of the molecule is Cc1ccc(C(=O)N2CCN(c3cc(-n4ccnc4)ncn3)CC2)cc1F. The van der Waals surface area contributed by atoms with Gasteiger partial charge in [-0.3, -0.25) is 9.36 Å². The molecule has 0 radical (unpaired) electrons. The molecule has 0 aliphatic carbocycles. The highest BCUT2D eigenvalue weighted by molar-refractivity contribution is 5.94. The van der Waals surface area contributed by atoms with E-state index >= 15 is 0 Å². The molecule has 0 unspecified atom stereocenters. The van der Waals surface area contributed by atoms with Crippen LogP contribution in [0.5, 0.6) is 0 Å². The van der Waals surface area contributed by atoms with Crippen molar-refractivity contribution >= 4 is 11.7 Å². The lowest BCUT2D eigenvalue weighted by molar-refractivity contribution is 0.0746. The quantitative estimate of drug-likeness (QED) is 0.710. The molecule has 1 aliphatic heterocycles. The lowest BCUT2D eigenvalue weighted by Crippen LogP contribution is -2.49. The van der Waals surface area contributed by atoms with Crippen LogP contribution in [0.3, 0.4) is 0 Å². The number of rotatable bonds is 3. The minimum absolute atomic E-state index is 0.143. The number of aryl methyl sites for hydroxylation is 1. The highest BCUT2D eigenvalue weighted by Gasteiger charge is 2.23. The van der Waals surface area contributed by atoms with Crippen LogP contribution in [0.15, 0.2) is 49.3 Å². The van der Waals surface area contributed by atoms with Crippen molar-refractivity contribution in [3.8, 4) is 5.82 Å². The topological polar surface area (TPSA) is 67.2 Å². The van der Waals surface area contributed by atoms with Gasteiger partial charge in [0.05, 0.1) is 0 Å². The first-order valence-electron chi connectivity index (χ1n) is 8.72. The number of hydrogen-bond donors (Lipinski definition) is 0. The van der Waals surface area contributed by atoms with Gasteiger partial charge in [0, 0.05) is 50.2 Å². The van der Waals surface area contributed by atoms with E-state index in [1.54, 1.807) is 36.5 Å². The Labute approximate surface area is 156 Å². The van der Waals surface area contributed by atoms with Crippen LogP contribution in [-0.2, 0) is 0 Å². The summed E-state index contributed by atoms with van der Waals surface area (Å²) in [5.74, 6) is 1.05. The van der Waals surface area contributed by atoms with E-state index in [9.17, 15) is 9.18 Å². The molecule has 1 fully saturated rings. The summed E-state index contributed by atoms with van der Waals surface area (Å²) in [6.07, 6.45) is 6.73. The Hall–Kier alpha value is -3.29. The maximum Gasteiger partial charge on any atom is 0.254 e. The molecule has 1 amide bonds. The van der Waals surface area contributed by atoms with E-state index in [0.29, 0.717) is 37.3 Å². The summed E-state index contributed by atoms with van der Waals surface area (Å²) in [5.41, 5.74) is 0.921. The van der Waals surface area contributed by atoms with E-state index in [1.165, 1.54) is 12.4 Å². The molecule has 27 heavy (non-hydrogen) atoms. The first-order valence-corrected chi connectivity index (χ1v) is 8.72. The molecule has 1 aromatic carbocycles. The van der Waals surface area contributed by atoms with Crippen molar-refractivity contribution in [2.45, 2.75) is 6.92 Å². The fraction of sp³-hybridized carbons (Fsp3) is 0.263. The Morgan fingerprint density at radius 3 is 2.56 bits per heavy atom. The minimum Gasteiger partial charge on any atom is -0.353 e. The highest BCUT2D eigenvalue weighted by Crippen LogP contribution is 2.18. The smallest absolute Gasteiger partial charge is 0.254 e. The molecule has 2 aromatic heterocycles. The molecule has 3 heterocycles. The summed E-state index contributed by atoms with van der Waals surface area (Å²) in [6.45, 7) is 4.10. The number of nitrogens with zero attached hydrogens (tertiary/aromatic N) is 6. The number of benzene rings is 1. The van der Waals surface area contributed by atoms with E-state index < -0.39 is 0 Å². The number of carbonyl (C=O) groups excluding carboxylic acids is 1. The van der Waals surface area contributed by atoms with E-state index in [4.69, 9.17) is 0 Å². The lowest BCUT2D eigenvalue weighted by atomic mass is 10.1. The zero-order valence-corrected chi connectivity index (χ0v) is 14.9. The minimum atomic E-state index is -0.354. The zero-order chi connectivity index (χ0) is 18.8. The van der Waals surface area contributed by atoms with Crippen molar-refractivity contribution < 1.29 is 9.18 Å². The summed E-state index contributed by atoms with van der Waals surface area (Å²) >= 11 is 0. The molecule has 0 saturated carbocycles. The van der Waals surface area contributed by atoms with Crippen LogP contribution < -0.4 is 4.90 Å². The zero-order valence-electron chi connectivity index (χ0n) is 14.9. The number of hydrogen-bond acceptors (Lipinski definition) is 5. The predicted molar refractivity (Wildman–Crippen MR) is 98.4 cm³/mol. The molecule has 0 atom stereocenters. The fourth-order valence-electron chi connectivity index (χ4n) is 3.09. The summed E-state index contributed by atoms with van der Waals surface area (Å²) in [5, 5.41) is 0. The van der Waals surface area contributed by atoms with Crippen LogP contribution in [-0.4, -0.2) is 56.5 Å². The van der Waals surface area contributed by atoms with Gasteiger partial charge in [0.25, 0.3) is 5.91 Å². The molecule has 3 aromatic rings. The third-order valence-corrected chi connectivity index (χ3v) is 4.72. The summed E-state index contributed by atoms with van der Waals surface area (Å²) < 4.78 is 15.6. The van der Waals surface area contributed by atoms with E-state index in [2.05, 4.69) is 19.9 Å². The number of imidazole rings is 1. The normalized spacial score (nSPS) is 14.4. The second-order valence-electron chi connectivity index (χ2n) is 6.45. The standard InChI is InChI=1S/C19H19FN6O/c1-14-2-3-15(10-16(14)20)19(27)25-8-6-24(7-9-25)17-11-18(23-12-22-17)26-5-4-21-13-26/h2-5,10-13H,6-9H2,1H3. The largest absolute Gasteiger partial charge is 0.353 e. The van der Waals surface area contributed by atoms with Crippen LogP contribution in [0.4, 0.5) is 10.2 Å². The van der Waals surface area contributed by atoms with E-state index in [1.807, 2.05) is 16.8 Å². The van der Waals surface area contributed by atoms with Gasteiger partial charge in [0.15, 0.2) is 0 Å². The lowest BCUT2D eigenvalue weighted by Gasteiger charge is -2.35. The molecule has 4 rings (SSSR count). The predicted octanol–water partition coefficient (Wildman–Crippen LogP) is 2.07. The van der Waals surface area contributed by atoms with Gasteiger partial charge in [0.1, 0.15) is 30.1 Å². The van der Waals surface area contributed by atoms with Gasteiger partial charge in [-0.05, 0) is 24.6 Å². The van der Waals surface area contributed by atoms with Gasteiger partial charge in [-0.25, -0.2) is 19.3 Å². The van der Waals surface area contributed by atoms with Crippen LogP contribution in [0.1, 0.15) is 15.9 Å². The molecule has 138 valence electrons. The second-order valence-corrected chi connectivity index (χ2v) is 6.45. The van der Waals surface area contributed by atoms with Gasteiger partial charge in [0.2, 0.25) is 0 Å². The van der Waals surface area contributed by atoms with Crippen molar-refractivity contribution in [3.63, 3.8) is 0 Å². The maximum atomic E-state index is 13.7. The van der Waals surface area contributed by atoms with Crippen molar-refractivity contribution in [2.24, 2.45) is 0 Å². The molecule has 1 aliphatic rings. The third-order valence-electron chi connectivity index (χ3n) is 4.72. The number of amides is 1. The molecular formula is C19H19FN6O. The number of halogens is 1. The Balaban J connectivity index is 1.44. The molecule has 1 saturated heterocycles. The van der Waals surface area contributed by atoms with Gasteiger partial charge in [-0.2, -0.15) is 0 Å². The number of aromatic nitrogens is 4. The Kier molecular flexibility index (Phi) is 4.53. The Morgan fingerprint density at radius 1 is 1.07 bits per heavy atom. The number of piperazine rings is 1. The molecule has 8 heteroatoms. The molecule has 0 N–H and O–H groups in total. The van der Waals surface area contributed by atoms with Crippen LogP contribution >= 0.6 is 0 Å². The summed E-state index contributed by atoms with van der Waals surface area (Å²) in [6, 6.07) is 6.52. The van der Waals surface area contributed by atoms with Crippen molar-refractivity contribution in [3.05, 3.63) is 66.3 Å². The Bertz CT molecular complexity index is 951. The van der Waals surface area contributed by atoms with Crippen molar-refractivity contribution in [1.82, 2.24) is 24.4 Å². The van der Waals surface area contributed by atoms with Gasteiger partial charge >= 0.3 is 0 Å². The molecule has 0 bridgehead atoms. The number of carbonyl (C=O) groups is 1. The first-order chi connectivity index (χ1) is 13.1. The number of anilines is 1. The summed E-state index contributed by atoms with van der Waals surface area (Å²) in [4.78, 5) is 29.1. The van der Waals surface area contributed by atoms with E-state index in [0.717, 1.165) is 11.6 Å². The highest BCUT2D eigenvalue weighted by atomic mass is 19.1. The maximum absolute atomic E-state index is 13.7. The van der Waals surface area contributed by atoms with Crippen LogP contribution in [0.2, 0.25) is 0 Å². The van der Waals surface area contributed by atoms with Gasteiger partial charge in [-0.15, -0.1) is 0 Å². The monoisotopic (exact) mass is 366 g/mol. The second kappa shape index (κ2) is 7.14. The average molecular weight is 366 g/mol. The summed E-state index contributed by atoms with van der Waals surface area (Å²) in [7, 11) is 0. The van der Waals surface area contributed by atoms with Crippen LogP contribution in [0.25, 0.3) is 5.82 Å². The fourth-order valence-corrected chi connectivity index (χ4v) is 3.09. The molecule has 7 nitrogen and oxygen atoms in total. The van der Waals surface area contributed by atoms with Crippen LogP contribution in [0, 0.1) is 12.7 Å². The van der Waals surface area contributed by atoms with Gasteiger partial charge in [-0.1, -0.05) is 6.07 Å². The average Bonchev–Trinajstić information content (AvgIpc) is 3.25.